The Labute approximate surface area is 188 Å². The molecule has 170 valence electrons. The summed E-state index contributed by atoms with van der Waals surface area (Å²) in [7, 11) is 1.29. The van der Waals surface area contributed by atoms with Crippen molar-refractivity contribution in [2.45, 2.75) is 44.8 Å². The van der Waals surface area contributed by atoms with E-state index in [2.05, 4.69) is 19.2 Å². The fourth-order valence-corrected chi connectivity index (χ4v) is 3.87. The summed E-state index contributed by atoms with van der Waals surface area (Å²) in [6, 6.07) is 17.3. The van der Waals surface area contributed by atoms with E-state index in [-0.39, 0.29) is 25.5 Å². The summed E-state index contributed by atoms with van der Waals surface area (Å²) in [5, 5.41) is 2.98. The van der Waals surface area contributed by atoms with Gasteiger partial charge in [0.2, 0.25) is 5.91 Å². The van der Waals surface area contributed by atoms with Gasteiger partial charge in [-0.3, -0.25) is 9.59 Å². The number of carbonyl (C=O) groups is 3. The van der Waals surface area contributed by atoms with Gasteiger partial charge in [0, 0.05) is 6.54 Å². The van der Waals surface area contributed by atoms with E-state index in [4.69, 9.17) is 9.47 Å². The predicted molar refractivity (Wildman–Crippen MR) is 120 cm³/mol. The molecule has 1 heterocycles. The summed E-state index contributed by atoms with van der Waals surface area (Å²) in [5.41, 5.74) is 1.93. The van der Waals surface area contributed by atoms with Crippen LogP contribution >= 0.6 is 0 Å². The summed E-state index contributed by atoms with van der Waals surface area (Å²) in [5.74, 6) is -0.394. The van der Waals surface area contributed by atoms with Crippen molar-refractivity contribution in [3.63, 3.8) is 0 Å². The fourth-order valence-electron chi connectivity index (χ4n) is 3.87. The highest BCUT2D eigenvalue weighted by Gasteiger charge is 2.42. The number of nitrogens with zero attached hydrogens (tertiary/aromatic N) is 1. The summed E-state index contributed by atoms with van der Waals surface area (Å²) < 4.78 is 10.1. The number of ether oxygens (including phenoxy) is 2. The van der Waals surface area contributed by atoms with Crippen LogP contribution in [-0.4, -0.2) is 43.1 Å². The first-order chi connectivity index (χ1) is 15.3. The van der Waals surface area contributed by atoms with Gasteiger partial charge >= 0.3 is 12.1 Å². The van der Waals surface area contributed by atoms with Crippen LogP contribution in [0.3, 0.4) is 0 Å². The summed E-state index contributed by atoms with van der Waals surface area (Å²) in [6.07, 6.45) is -0.0954. The van der Waals surface area contributed by atoms with E-state index in [0.717, 1.165) is 16.7 Å². The minimum absolute atomic E-state index is 0.0337. The molecule has 1 fully saturated rings. The molecule has 1 N–H and O–H groups in total. The minimum atomic E-state index is -0.914. The molecule has 0 saturated carbocycles. The first-order valence-electron chi connectivity index (χ1n) is 10.8. The number of hydrogen-bond donors (Lipinski definition) is 1. The zero-order chi connectivity index (χ0) is 23.1. The van der Waals surface area contributed by atoms with E-state index in [1.165, 1.54) is 12.0 Å². The van der Waals surface area contributed by atoms with E-state index >= 15 is 0 Å². The topological polar surface area (TPSA) is 84.9 Å². The van der Waals surface area contributed by atoms with Crippen molar-refractivity contribution in [1.82, 2.24) is 10.2 Å². The van der Waals surface area contributed by atoms with Crippen LogP contribution in [0.2, 0.25) is 0 Å². The lowest BCUT2D eigenvalue weighted by Gasteiger charge is -2.41. The number of piperidine rings is 1. The molecule has 1 saturated heterocycles. The number of carbonyl (C=O) groups excluding carboxylic acids is 3. The number of methoxy groups -OCH3 is 1. The molecule has 1 atom stereocenters. The Kier molecular flexibility index (Phi) is 7.51. The number of alkyl carbamates (subject to hydrolysis) is 1. The first-order valence-corrected chi connectivity index (χ1v) is 10.8. The summed E-state index contributed by atoms with van der Waals surface area (Å²) >= 11 is 0. The van der Waals surface area contributed by atoms with Crippen LogP contribution in [0.4, 0.5) is 4.79 Å². The average molecular weight is 439 g/mol. The van der Waals surface area contributed by atoms with Crippen LogP contribution < -0.4 is 5.32 Å². The number of rotatable bonds is 7. The molecule has 1 aliphatic rings. The van der Waals surface area contributed by atoms with E-state index in [1.807, 2.05) is 54.6 Å². The molecule has 1 aliphatic heterocycles. The van der Waals surface area contributed by atoms with E-state index in [1.54, 1.807) is 0 Å². The number of benzene rings is 2. The van der Waals surface area contributed by atoms with Gasteiger partial charge in [-0.25, -0.2) is 4.79 Å². The monoisotopic (exact) mass is 438 g/mol. The van der Waals surface area contributed by atoms with Gasteiger partial charge in [-0.05, 0) is 29.0 Å². The van der Waals surface area contributed by atoms with Crippen LogP contribution in [-0.2, 0) is 31.2 Å². The third-order valence-corrected chi connectivity index (χ3v) is 5.82. The Morgan fingerprint density at radius 1 is 1.12 bits per heavy atom. The van der Waals surface area contributed by atoms with Gasteiger partial charge in [-0.2, -0.15) is 0 Å². The number of esters is 1. The quantitative estimate of drug-likeness (QED) is 0.666. The molecule has 0 spiro atoms. The normalized spacial score (nSPS) is 18.4. The molecule has 2 amide bonds. The van der Waals surface area contributed by atoms with E-state index in [0.29, 0.717) is 18.9 Å². The van der Waals surface area contributed by atoms with Crippen molar-refractivity contribution >= 4 is 18.0 Å². The maximum atomic E-state index is 12.9. The fraction of sp³-hybridized carbons (Fsp3) is 0.400. The predicted octanol–water partition coefficient (Wildman–Crippen LogP) is 3.73. The van der Waals surface area contributed by atoms with Crippen molar-refractivity contribution < 1.29 is 23.9 Å². The van der Waals surface area contributed by atoms with Crippen molar-refractivity contribution in [1.29, 1.82) is 0 Å². The molecule has 7 nitrogen and oxygen atoms in total. The molecule has 7 heteroatoms. The Morgan fingerprint density at radius 2 is 1.88 bits per heavy atom. The Morgan fingerprint density at radius 3 is 2.53 bits per heavy atom. The van der Waals surface area contributed by atoms with Crippen molar-refractivity contribution in [2.24, 2.45) is 0 Å². The second-order valence-electron chi connectivity index (χ2n) is 8.37. The number of hydrogen-bond acceptors (Lipinski definition) is 5. The SMILES string of the molecule is COC(=O)CN1CCC(NC(=O)OCc2ccccc2)(c2cccc(C(C)C)c2)CC1=O. The van der Waals surface area contributed by atoms with Gasteiger partial charge in [0.15, 0.2) is 0 Å². The molecule has 1 unspecified atom stereocenters. The first kappa shape index (κ1) is 23.3. The number of likely N-dealkylation sites (tertiary alicyclic amines) is 1. The standard InChI is InChI=1S/C25H30N2O5/c1-18(2)20-10-7-11-21(14-20)25(12-13-27(22(28)15-25)16-23(29)31-3)26-24(30)32-17-19-8-5-4-6-9-19/h4-11,14,18H,12-13,15-17H2,1-3H3,(H,26,30). The van der Waals surface area contributed by atoms with Crippen molar-refractivity contribution in [3.8, 4) is 0 Å². The molecule has 0 radical (unpaired) electrons. The van der Waals surface area contributed by atoms with E-state index in [9.17, 15) is 14.4 Å². The van der Waals surface area contributed by atoms with Gasteiger partial charge < -0.3 is 19.7 Å². The van der Waals surface area contributed by atoms with Gasteiger partial charge in [-0.1, -0.05) is 68.4 Å². The summed E-state index contributed by atoms with van der Waals surface area (Å²) in [6.45, 7) is 4.54. The van der Waals surface area contributed by atoms with Crippen LogP contribution in [0, 0.1) is 0 Å². The lowest BCUT2D eigenvalue weighted by molar-refractivity contribution is -0.149. The van der Waals surface area contributed by atoms with Gasteiger partial charge in [0.05, 0.1) is 19.1 Å². The van der Waals surface area contributed by atoms with Crippen molar-refractivity contribution in [3.05, 3.63) is 71.3 Å². The van der Waals surface area contributed by atoms with Crippen molar-refractivity contribution in [2.75, 3.05) is 20.2 Å². The molecule has 32 heavy (non-hydrogen) atoms. The van der Waals surface area contributed by atoms with Gasteiger partial charge in [0.25, 0.3) is 0 Å². The Bertz CT molecular complexity index is 960. The molecule has 0 bridgehead atoms. The lowest BCUT2D eigenvalue weighted by atomic mass is 9.79. The molecule has 0 aliphatic carbocycles. The van der Waals surface area contributed by atoms with Crippen LogP contribution in [0.5, 0.6) is 0 Å². The summed E-state index contributed by atoms with van der Waals surface area (Å²) in [4.78, 5) is 38.8. The van der Waals surface area contributed by atoms with E-state index < -0.39 is 17.6 Å². The Balaban J connectivity index is 1.82. The number of amides is 2. The average Bonchev–Trinajstić information content (AvgIpc) is 2.80. The molecular weight excluding hydrogens is 408 g/mol. The highest BCUT2D eigenvalue weighted by Crippen LogP contribution is 2.35. The largest absolute Gasteiger partial charge is 0.468 e. The smallest absolute Gasteiger partial charge is 0.408 e. The molecule has 2 aromatic rings. The lowest BCUT2D eigenvalue weighted by Crippen LogP contribution is -2.56. The second-order valence-corrected chi connectivity index (χ2v) is 8.37. The maximum absolute atomic E-state index is 12.9. The van der Waals surface area contributed by atoms with Gasteiger partial charge in [-0.15, -0.1) is 0 Å². The minimum Gasteiger partial charge on any atom is -0.468 e. The molecule has 0 aromatic heterocycles. The zero-order valence-corrected chi connectivity index (χ0v) is 18.8. The van der Waals surface area contributed by atoms with Crippen LogP contribution in [0.1, 0.15) is 49.3 Å². The van der Waals surface area contributed by atoms with Crippen LogP contribution in [0.25, 0.3) is 0 Å². The third kappa shape index (κ3) is 5.66. The highest BCUT2D eigenvalue weighted by molar-refractivity contribution is 5.84. The maximum Gasteiger partial charge on any atom is 0.408 e. The molecule has 2 aromatic carbocycles. The second kappa shape index (κ2) is 10.3. The molecular formula is C25H30N2O5. The third-order valence-electron chi connectivity index (χ3n) is 5.82. The molecule has 3 rings (SSSR count). The van der Waals surface area contributed by atoms with Gasteiger partial charge in [0.1, 0.15) is 13.2 Å². The Hall–Kier alpha value is -3.35. The highest BCUT2D eigenvalue weighted by atomic mass is 16.5. The number of nitrogens with one attached hydrogen (secondary N) is 1. The van der Waals surface area contributed by atoms with Crippen LogP contribution in [0.15, 0.2) is 54.6 Å². The zero-order valence-electron chi connectivity index (χ0n) is 18.8.